The molecule has 0 bridgehead atoms. The van der Waals surface area contributed by atoms with Crippen LogP contribution in [0.1, 0.15) is 11.8 Å². The molecule has 2 aromatic rings. The van der Waals surface area contributed by atoms with Crippen molar-refractivity contribution in [1.29, 1.82) is 0 Å². The van der Waals surface area contributed by atoms with E-state index in [2.05, 4.69) is 4.98 Å². The molecule has 0 atom stereocenters. The standard InChI is InChI=1S/C8H5NO3S.Li.H/c10-7(11)4-2-1-3-5-6(4)9-8(13)12-5;;/h1-3H,(H,9,13)(H,10,11);;/q;+1;-1. The number of benzene rings is 1. The zero-order valence-electron chi connectivity index (χ0n) is 8.40. The van der Waals surface area contributed by atoms with Crippen LogP contribution in [0.5, 0.6) is 0 Å². The number of para-hydroxylation sites is 1. The third kappa shape index (κ3) is 1.75. The van der Waals surface area contributed by atoms with Crippen LogP contribution in [0.2, 0.25) is 0 Å². The van der Waals surface area contributed by atoms with Crippen molar-refractivity contribution in [2.24, 2.45) is 0 Å². The van der Waals surface area contributed by atoms with Gasteiger partial charge in [0, 0.05) is 0 Å². The number of oxazole rings is 1. The number of carboxylic acids is 1. The smallest absolute Gasteiger partial charge is 1.00 e. The molecular weight excluding hydrogens is 197 g/mol. The van der Waals surface area contributed by atoms with Crippen molar-refractivity contribution in [3.63, 3.8) is 0 Å². The molecule has 0 saturated carbocycles. The SMILES string of the molecule is O=C(O)c1cccc2oc(=S)[nH]c12.[H-].[Li+]. The molecule has 1 heterocycles. The van der Waals surface area contributed by atoms with Gasteiger partial charge in [-0.1, -0.05) is 6.07 Å². The molecule has 14 heavy (non-hydrogen) atoms. The summed E-state index contributed by atoms with van der Waals surface area (Å²) in [7, 11) is 0. The number of hydrogen-bond donors (Lipinski definition) is 2. The molecule has 2 N–H and O–H groups in total. The van der Waals surface area contributed by atoms with E-state index in [1.165, 1.54) is 6.07 Å². The van der Waals surface area contributed by atoms with E-state index in [1.54, 1.807) is 12.1 Å². The maximum Gasteiger partial charge on any atom is 1.00 e. The topological polar surface area (TPSA) is 66.2 Å². The average molecular weight is 203 g/mol. The Morgan fingerprint density at radius 1 is 1.57 bits per heavy atom. The minimum atomic E-state index is -1.00. The van der Waals surface area contributed by atoms with Gasteiger partial charge in [0.2, 0.25) is 0 Å². The second-order valence-electron chi connectivity index (χ2n) is 2.50. The molecule has 2 rings (SSSR count). The molecule has 4 nitrogen and oxygen atoms in total. The first-order chi connectivity index (χ1) is 6.18. The molecule has 0 fully saturated rings. The molecule has 68 valence electrons. The van der Waals surface area contributed by atoms with E-state index in [1.807, 2.05) is 0 Å². The van der Waals surface area contributed by atoms with Crippen LogP contribution in [0.25, 0.3) is 11.1 Å². The maximum absolute atomic E-state index is 10.7. The molecule has 0 aliphatic rings. The molecular formula is C8H6LiNO3S. The Labute approximate surface area is 97.6 Å². The Morgan fingerprint density at radius 3 is 2.93 bits per heavy atom. The Kier molecular flexibility index (Phi) is 3.16. The Bertz CT molecular complexity index is 536. The van der Waals surface area contributed by atoms with Crippen molar-refractivity contribution in [1.82, 2.24) is 4.98 Å². The predicted molar refractivity (Wildman–Crippen MR) is 49.5 cm³/mol. The van der Waals surface area contributed by atoms with Crippen molar-refractivity contribution in [3.05, 3.63) is 28.6 Å². The largest absolute Gasteiger partial charge is 1.00 e. The van der Waals surface area contributed by atoms with E-state index < -0.39 is 5.97 Å². The summed E-state index contributed by atoms with van der Waals surface area (Å²) in [6.07, 6.45) is 0. The summed E-state index contributed by atoms with van der Waals surface area (Å²) in [5.74, 6) is -1.00. The molecule has 0 radical (unpaired) electrons. The third-order valence-corrected chi connectivity index (χ3v) is 1.87. The van der Waals surface area contributed by atoms with Crippen LogP contribution in [-0.4, -0.2) is 16.1 Å². The van der Waals surface area contributed by atoms with E-state index in [0.29, 0.717) is 11.1 Å². The summed E-state index contributed by atoms with van der Waals surface area (Å²) in [5, 5.41) is 8.80. The van der Waals surface area contributed by atoms with Crippen molar-refractivity contribution in [2.75, 3.05) is 0 Å². The van der Waals surface area contributed by atoms with E-state index in [9.17, 15) is 4.79 Å². The summed E-state index contributed by atoms with van der Waals surface area (Å²) in [6, 6.07) is 4.76. The van der Waals surface area contributed by atoms with Gasteiger partial charge in [0.1, 0.15) is 0 Å². The van der Waals surface area contributed by atoms with Gasteiger partial charge in [-0.15, -0.1) is 0 Å². The molecule has 0 aliphatic heterocycles. The molecule has 1 aromatic heterocycles. The van der Waals surface area contributed by atoms with Crippen LogP contribution in [-0.2, 0) is 0 Å². The van der Waals surface area contributed by atoms with Gasteiger partial charge in [0.25, 0.3) is 4.84 Å². The summed E-state index contributed by atoms with van der Waals surface area (Å²) >= 11 is 4.74. The van der Waals surface area contributed by atoms with Crippen LogP contribution in [0.4, 0.5) is 0 Å². The van der Waals surface area contributed by atoms with Gasteiger partial charge in [-0.2, -0.15) is 0 Å². The van der Waals surface area contributed by atoms with Crippen LogP contribution in [0.3, 0.4) is 0 Å². The van der Waals surface area contributed by atoms with E-state index >= 15 is 0 Å². The van der Waals surface area contributed by atoms with Crippen LogP contribution in [0.15, 0.2) is 22.6 Å². The molecule has 0 saturated heterocycles. The molecule has 0 aliphatic carbocycles. The number of hydrogen-bond acceptors (Lipinski definition) is 3. The summed E-state index contributed by atoms with van der Waals surface area (Å²) < 4.78 is 5.05. The van der Waals surface area contributed by atoms with Crippen LogP contribution < -0.4 is 18.9 Å². The molecule has 1 aromatic carbocycles. The number of rotatable bonds is 1. The average Bonchev–Trinajstić information content (AvgIpc) is 2.43. The van der Waals surface area contributed by atoms with Crippen molar-refractivity contribution in [3.8, 4) is 0 Å². The number of aromatic amines is 1. The van der Waals surface area contributed by atoms with Gasteiger partial charge in [0.15, 0.2) is 5.58 Å². The maximum atomic E-state index is 10.7. The second-order valence-corrected chi connectivity index (χ2v) is 2.87. The molecule has 0 amide bonds. The first-order valence-electron chi connectivity index (χ1n) is 3.53. The summed E-state index contributed by atoms with van der Waals surface area (Å²) in [5.41, 5.74) is 1.06. The number of carboxylic acid groups (broad SMARTS) is 1. The van der Waals surface area contributed by atoms with E-state index in [0.717, 1.165) is 0 Å². The number of fused-ring (bicyclic) bond motifs is 1. The zero-order chi connectivity index (χ0) is 9.42. The number of aromatic nitrogens is 1. The Balaban J connectivity index is 0.000000980. The van der Waals surface area contributed by atoms with Gasteiger partial charge in [0.05, 0.1) is 11.1 Å². The first kappa shape index (κ1) is 11.1. The van der Waals surface area contributed by atoms with Gasteiger partial charge >= 0.3 is 24.8 Å². The first-order valence-corrected chi connectivity index (χ1v) is 3.94. The van der Waals surface area contributed by atoms with E-state index in [-0.39, 0.29) is 30.7 Å². The van der Waals surface area contributed by atoms with Crippen molar-refractivity contribution < 1.29 is 34.6 Å². The molecule has 0 unspecified atom stereocenters. The normalized spacial score (nSPS) is 9.71. The van der Waals surface area contributed by atoms with Gasteiger partial charge in [-0.3, -0.25) is 0 Å². The Hall–Kier alpha value is -1.02. The Morgan fingerprint density at radius 2 is 2.29 bits per heavy atom. The van der Waals surface area contributed by atoms with Crippen LogP contribution in [0, 0.1) is 4.84 Å². The second kappa shape index (κ2) is 4.01. The predicted octanol–water partition coefficient (Wildman–Crippen LogP) is -0.695. The summed E-state index contributed by atoms with van der Waals surface area (Å²) in [6.45, 7) is 0. The monoisotopic (exact) mass is 203 g/mol. The quantitative estimate of drug-likeness (QED) is 0.475. The summed E-state index contributed by atoms with van der Waals surface area (Å²) in [4.78, 5) is 13.6. The van der Waals surface area contributed by atoms with Crippen molar-refractivity contribution >= 4 is 29.3 Å². The minimum absolute atomic E-state index is 0. The fourth-order valence-electron chi connectivity index (χ4n) is 1.15. The van der Waals surface area contributed by atoms with Crippen molar-refractivity contribution in [2.45, 2.75) is 0 Å². The van der Waals surface area contributed by atoms with Gasteiger partial charge in [-0.05, 0) is 24.4 Å². The third-order valence-electron chi connectivity index (χ3n) is 1.69. The van der Waals surface area contributed by atoms with Gasteiger partial charge < -0.3 is 15.9 Å². The van der Waals surface area contributed by atoms with Gasteiger partial charge in [-0.25, -0.2) is 4.79 Å². The number of aromatic carboxylic acids is 1. The fourth-order valence-corrected chi connectivity index (χ4v) is 1.34. The minimum Gasteiger partial charge on any atom is -1.00 e. The number of carbonyl (C=O) groups is 1. The van der Waals surface area contributed by atoms with Crippen LogP contribution >= 0.6 is 12.2 Å². The van der Waals surface area contributed by atoms with E-state index in [4.69, 9.17) is 21.7 Å². The fraction of sp³-hybridized carbons (Fsp3) is 0. The molecule has 6 heteroatoms. The number of H-pyrrole nitrogens is 1. The zero-order valence-corrected chi connectivity index (χ0v) is 8.22. The molecule has 0 spiro atoms. The number of nitrogens with one attached hydrogen (secondary N) is 1.